The summed E-state index contributed by atoms with van der Waals surface area (Å²) in [7, 11) is 2.73. The molecule has 0 amide bonds. The standard InChI is InChI=1S/C37H50O20/c1-16-26(42)28(44)31(47)37(53-16)57-34-32(48)36(51-11-10-18-5-8-21(49-2)20(40)12-18)55-24(15-52-35-30(46)29(45)27(43)23(14-38)54-35)33(34)56-25(41)9-6-17-4-7-19(39)22(13-17)50-3/h4-9,12-13,16,23-24,26-40,42-48H,10-11,14-15H2,1-3H3/t16-,23-,24-,26-,27+,28-,29+,30-,31-,32-,33+,34+,35+,36-,37+/m0/s1. The molecular weight excluding hydrogens is 764 g/mol. The summed E-state index contributed by atoms with van der Waals surface area (Å²) in [5.74, 6) is -0.938. The predicted octanol–water partition coefficient (Wildman–Crippen LogP) is -2.59. The Morgan fingerprint density at radius 2 is 1.37 bits per heavy atom. The van der Waals surface area contributed by atoms with Crippen LogP contribution in [0.15, 0.2) is 42.5 Å². The number of hydrogen-bond donors (Lipinski definition) is 10. The molecule has 3 fully saturated rings. The molecule has 0 aromatic heterocycles. The maximum absolute atomic E-state index is 13.4. The zero-order chi connectivity index (χ0) is 41.6. The first-order valence-electron chi connectivity index (χ1n) is 18.0. The van der Waals surface area contributed by atoms with E-state index in [9.17, 15) is 55.9 Å². The molecule has 3 saturated heterocycles. The second-order valence-corrected chi connectivity index (χ2v) is 13.6. The normalized spacial score (nSPS) is 35.9. The number of aromatic hydroxyl groups is 2. The van der Waals surface area contributed by atoms with Gasteiger partial charge in [0.2, 0.25) is 0 Å². The summed E-state index contributed by atoms with van der Waals surface area (Å²) in [6.07, 6.45) is -22.0. The smallest absolute Gasteiger partial charge is 0.331 e. The number of carbonyl (C=O) groups excluding carboxylic acids is 1. The molecule has 20 heteroatoms. The Hall–Kier alpha value is -3.71. The van der Waals surface area contributed by atoms with Crippen molar-refractivity contribution in [3.8, 4) is 23.0 Å². The van der Waals surface area contributed by atoms with E-state index in [0.717, 1.165) is 6.08 Å². The van der Waals surface area contributed by atoms with Crippen LogP contribution < -0.4 is 9.47 Å². The van der Waals surface area contributed by atoms with Gasteiger partial charge in [0.15, 0.2) is 48.0 Å². The topological polar surface area (TPSA) is 302 Å². The quantitative estimate of drug-likeness (QED) is 0.0652. The van der Waals surface area contributed by atoms with Gasteiger partial charge in [-0.2, -0.15) is 0 Å². The first-order valence-corrected chi connectivity index (χ1v) is 18.0. The van der Waals surface area contributed by atoms with E-state index in [0.29, 0.717) is 11.1 Å². The minimum Gasteiger partial charge on any atom is -0.504 e. The van der Waals surface area contributed by atoms with Crippen molar-refractivity contribution in [1.29, 1.82) is 0 Å². The van der Waals surface area contributed by atoms with Crippen molar-refractivity contribution in [2.45, 2.75) is 105 Å². The molecule has 10 N–H and O–H groups in total. The van der Waals surface area contributed by atoms with Crippen molar-refractivity contribution in [2.75, 3.05) is 34.0 Å². The van der Waals surface area contributed by atoms with Gasteiger partial charge in [-0.15, -0.1) is 0 Å². The zero-order valence-electron chi connectivity index (χ0n) is 31.2. The second kappa shape index (κ2) is 19.8. The van der Waals surface area contributed by atoms with E-state index < -0.39 is 111 Å². The Kier molecular flexibility index (Phi) is 15.4. The van der Waals surface area contributed by atoms with E-state index >= 15 is 0 Å². The molecule has 3 aliphatic rings. The summed E-state index contributed by atoms with van der Waals surface area (Å²) in [6.45, 7) is -0.132. The van der Waals surface area contributed by atoms with E-state index in [-0.39, 0.29) is 36.0 Å². The van der Waals surface area contributed by atoms with Gasteiger partial charge in [0, 0.05) is 6.08 Å². The summed E-state index contributed by atoms with van der Waals surface area (Å²) in [4.78, 5) is 13.4. The lowest BCUT2D eigenvalue weighted by Crippen LogP contribution is -2.65. The van der Waals surface area contributed by atoms with Crippen LogP contribution >= 0.6 is 0 Å². The maximum Gasteiger partial charge on any atom is 0.331 e. The number of phenolic OH excluding ortho intramolecular Hbond substituents is 2. The molecule has 20 nitrogen and oxygen atoms in total. The number of esters is 1. The van der Waals surface area contributed by atoms with Gasteiger partial charge in [-0.25, -0.2) is 4.79 Å². The van der Waals surface area contributed by atoms with Crippen LogP contribution in [-0.2, 0) is 44.4 Å². The van der Waals surface area contributed by atoms with E-state index in [1.165, 1.54) is 51.5 Å². The maximum atomic E-state index is 13.4. The van der Waals surface area contributed by atoms with E-state index in [1.54, 1.807) is 12.1 Å². The molecule has 2 aromatic rings. The number of carbonyl (C=O) groups is 1. The molecule has 0 spiro atoms. The molecule has 318 valence electrons. The molecule has 2 aromatic carbocycles. The zero-order valence-corrected chi connectivity index (χ0v) is 31.2. The second-order valence-electron chi connectivity index (χ2n) is 13.6. The van der Waals surface area contributed by atoms with Gasteiger partial charge in [-0.05, 0) is 54.8 Å². The van der Waals surface area contributed by atoms with Crippen molar-refractivity contribution in [3.05, 3.63) is 53.6 Å². The number of phenols is 2. The first kappa shape index (κ1) is 44.4. The molecule has 0 radical (unpaired) electrons. The summed E-state index contributed by atoms with van der Waals surface area (Å²) < 4.78 is 50.8. The van der Waals surface area contributed by atoms with Crippen LogP contribution in [0.5, 0.6) is 23.0 Å². The molecule has 0 bridgehead atoms. The van der Waals surface area contributed by atoms with E-state index in [2.05, 4.69) is 0 Å². The van der Waals surface area contributed by atoms with Gasteiger partial charge < -0.3 is 93.7 Å². The third kappa shape index (κ3) is 10.5. The molecule has 5 rings (SSSR count). The third-order valence-electron chi connectivity index (χ3n) is 9.77. The molecule has 15 atom stereocenters. The van der Waals surface area contributed by atoms with E-state index in [1.807, 2.05) is 0 Å². The van der Waals surface area contributed by atoms with Crippen LogP contribution in [0.4, 0.5) is 0 Å². The van der Waals surface area contributed by atoms with Crippen LogP contribution in [0.3, 0.4) is 0 Å². The number of benzene rings is 2. The number of methoxy groups -OCH3 is 2. The predicted molar refractivity (Wildman–Crippen MR) is 190 cm³/mol. The van der Waals surface area contributed by atoms with Crippen LogP contribution in [0.2, 0.25) is 0 Å². The van der Waals surface area contributed by atoms with Crippen molar-refractivity contribution in [2.24, 2.45) is 0 Å². The minimum atomic E-state index is -1.86. The number of hydrogen-bond acceptors (Lipinski definition) is 20. The lowest BCUT2D eigenvalue weighted by molar-refractivity contribution is -0.364. The Balaban J connectivity index is 1.44. The van der Waals surface area contributed by atoms with Crippen molar-refractivity contribution < 1.29 is 98.5 Å². The summed E-state index contributed by atoms with van der Waals surface area (Å²) in [5, 5.41) is 104. The van der Waals surface area contributed by atoms with Gasteiger partial charge in [0.05, 0.1) is 40.1 Å². The largest absolute Gasteiger partial charge is 0.504 e. The average molecular weight is 815 g/mol. The van der Waals surface area contributed by atoms with Gasteiger partial charge in [-0.1, -0.05) is 12.1 Å². The Bertz CT molecular complexity index is 1640. The van der Waals surface area contributed by atoms with Crippen molar-refractivity contribution in [3.63, 3.8) is 0 Å². The summed E-state index contributed by atoms with van der Waals surface area (Å²) in [6, 6.07) is 8.92. The highest BCUT2D eigenvalue weighted by Crippen LogP contribution is 2.33. The molecular formula is C37H50O20. The Labute approximate surface area is 326 Å². The number of ether oxygens (including phenoxy) is 9. The Morgan fingerprint density at radius 3 is 2.05 bits per heavy atom. The number of aliphatic hydroxyl groups excluding tert-OH is 8. The number of rotatable bonds is 15. The fourth-order valence-electron chi connectivity index (χ4n) is 6.46. The minimum absolute atomic E-state index is 0.121. The molecule has 57 heavy (non-hydrogen) atoms. The number of aliphatic hydroxyl groups is 8. The van der Waals surface area contributed by atoms with E-state index in [4.69, 9.17) is 42.6 Å². The SMILES string of the molecule is COc1ccc(CCO[C@H]2O[C@@H](CO[C@@H]3O[C@@H](CO)[C@@H](O)[C@@H](O)[C@@H]3O)[C@@H](OC(=O)C=Cc3ccc(O)c(OC)c3)[C@H](O[C@H]3O[C@@H](C)[C@H](O)[C@H](O)[C@@H]3O)[C@@H]2O)cc1O. The fraction of sp³-hybridized carbons (Fsp3) is 0.595. The molecule has 3 aliphatic heterocycles. The monoisotopic (exact) mass is 814 g/mol. The average Bonchev–Trinajstić information content (AvgIpc) is 3.20. The first-order chi connectivity index (χ1) is 27.2. The summed E-state index contributed by atoms with van der Waals surface area (Å²) in [5.41, 5.74) is 1.02. The molecule has 0 aliphatic carbocycles. The Morgan fingerprint density at radius 1 is 0.702 bits per heavy atom. The molecule has 0 saturated carbocycles. The van der Waals surface area contributed by atoms with Gasteiger partial charge in [0.1, 0.15) is 61.0 Å². The lowest BCUT2D eigenvalue weighted by Gasteiger charge is -2.47. The fourth-order valence-corrected chi connectivity index (χ4v) is 6.46. The molecule has 3 heterocycles. The van der Waals surface area contributed by atoms with Crippen molar-refractivity contribution >= 4 is 12.0 Å². The highest BCUT2D eigenvalue weighted by atomic mass is 16.8. The van der Waals surface area contributed by atoms with Crippen LogP contribution in [0, 0.1) is 0 Å². The van der Waals surface area contributed by atoms with Gasteiger partial charge in [-0.3, -0.25) is 0 Å². The lowest BCUT2D eigenvalue weighted by atomic mass is 9.96. The van der Waals surface area contributed by atoms with Gasteiger partial charge >= 0.3 is 5.97 Å². The highest BCUT2D eigenvalue weighted by molar-refractivity contribution is 5.87. The molecule has 0 unspecified atom stereocenters. The third-order valence-corrected chi connectivity index (χ3v) is 9.77. The van der Waals surface area contributed by atoms with Crippen LogP contribution in [0.25, 0.3) is 6.08 Å². The highest BCUT2D eigenvalue weighted by Gasteiger charge is 2.53. The van der Waals surface area contributed by atoms with Crippen LogP contribution in [0.1, 0.15) is 18.1 Å². The van der Waals surface area contributed by atoms with Gasteiger partial charge in [0.25, 0.3) is 0 Å². The van der Waals surface area contributed by atoms with Crippen molar-refractivity contribution in [1.82, 2.24) is 0 Å². The van der Waals surface area contributed by atoms with Crippen LogP contribution in [-0.4, -0.2) is 183 Å². The summed E-state index contributed by atoms with van der Waals surface area (Å²) >= 11 is 0.